The van der Waals surface area contributed by atoms with Gasteiger partial charge in [-0.2, -0.15) is 0 Å². The molecule has 3 aromatic rings. The Bertz CT molecular complexity index is 1050. The van der Waals surface area contributed by atoms with Crippen molar-refractivity contribution in [3.63, 3.8) is 0 Å². The van der Waals surface area contributed by atoms with Gasteiger partial charge < -0.3 is 15.5 Å². The molecule has 0 aliphatic heterocycles. The van der Waals surface area contributed by atoms with Crippen LogP contribution in [0.15, 0.2) is 54.6 Å². The maximum absolute atomic E-state index is 12.4. The molecule has 0 fully saturated rings. The van der Waals surface area contributed by atoms with E-state index in [-0.39, 0.29) is 23.3 Å². The van der Waals surface area contributed by atoms with Crippen molar-refractivity contribution in [2.75, 3.05) is 18.5 Å². The monoisotopic (exact) mass is 378 g/mol. The second kappa shape index (κ2) is 8.00. The number of aromatic hydroxyl groups is 2. The molecule has 0 aliphatic rings. The normalized spacial score (nSPS) is 10.6. The highest BCUT2D eigenvalue weighted by Gasteiger charge is 2.11. The van der Waals surface area contributed by atoms with Gasteiger partial charge in [0.05, 0.1) is 0 Å². The van der Waals surface area contributed by atoms with Crippen LogP contribution < -0.4 is 10.2 Å². The molecule has 0 heterocycles. The number of benzene rings is 3. The molecule has 6 nitrogen and oxygen atoms in total. The molecule has 0 aliphatic carbocycles. The molecular weight excluding hydrogens is 356 g/mol. The minimum atomic E-state index is -0.247. The van der Waals surface area contributed by atoms with Crippen molar-refractivity contribution >= 4 is 28.3 Å². The predicted molar refractivity (Wildman–Crippen MR) is 109 cm³/mol. The molecule has 3 rings (SSSR count). The fraction of sp³-hybridized carbons (Fsp3) is 0.182. The van der Waals surface area contributed by atoms with Crippen molar-refractivity contribution in [1.29, 1.82) is 0 Å². The number of amides is 2. The summed E-state index contributed by atoms with van der Waals surface area (Å²) in [6.45, 7) is 1.93. The number of carbonyl (C=O) groups is 2. The number of hydrogen-bond acceptors (Lipinski definition) is 4. The van der Waals surface area contributed by atoms with Gasteiger partial charge in [0.1, 0.15) is 0 Å². The number of Topliss-reactive ketones (excluding diaryl/α,β-unsaturated/α-hetero) is 1. The van der Waals surface area contributed by atoms with Gasteiger partial charge in [-0.05, 0) is 60.0 Å². The third-order valence-electron chi connectivity index (χ3n) is 4.65. The van der Waals surface area contributed by atoms with Crippen LogP contribution in [0.3, 0.4) is 0 Å². The van der Waals surface area contributed by atoms with Crippen LogP contribution in [0.1, 0.15) is 22.8 Å². The maximum atomic E-state index is 12.4. The zero-order valence-corrected chi connectivity index (χ0v) is 15.8. The Morgan fingerprint density at radius 3 is 2.36 bits per heavy atom. The number of hydrogen-bond donors (Lipinski definition) is 3. The maximum Gasteiger partial charge on any atom is 0.321 e. The molecule has 0 saturated heterocycles. The third-order valence-corrected chi connectivity index (χ3v) is 4.65. The Morgan fingerprint density at radius 1 is 0.929 bits per heavy atom. The summed E-state index contributed by atoms with van der Waals surface area (Å²) in [7, 11) is 1.69. The van der Waals surface area contributed by atoms with E-state index in [1.807, 2.05) is 30.3 Å². The molecule has 3 N–H and O–H groups in total. The van der Waals surface area contributed by atoms with E-state index in [2.05, 4.69) is 5.32 Å². The topological polar surface area (TPSA) is 89.9 Å². The summed E-state index contributed by atoms with van der Waals surface area (Å²) in [5.74, 6) is -0.325. The molecule has 0 bridgehead atoms. The Hall–Kier alpha value is -3.54. The first-order valence-electron chi connectivity index (χ1n) is 8.92. The van der Waals surface area contributed by atoms with E-state index in [0.717, 1.165) is 22.0 Å². The molecule has 144 valence electrons. The highest BCUT2D eigenvalue weighted by Crippen LogP contribution is 2.25. The first kappa shape index (κ1) is 19.2. The van der Waals surface area contributed by atoms with Crippen molar-refractivity contribution < 1.29 is 19.8 Å². The van der Waals surface area contributed by atoms with Gasteiger partial charge in [0.15, 0.2) is 17.3 Å². The number of phenolic OH excluding ortho intramolecular Hbond substituents is 2. The van der Waals surface area contributed by atoms with E-state index in [4.69, 9.17) is 0 Å². The van der Waals surface area contributed by atoms with Gasteiger partial charge in [0, 0.05) is 24.8 Å². The minimum absolute atomic E-state index is 0.0180. The van der Waals surface area contributed by atoms with Gasteiger partial charge in [-0.25, -0.2) is 4.79 Å². The number of fused-ring (bicyclic) bond motifs is 1. The fourth-order valence-electron chi connectivity index (χ4n) is 2.93. The number of nitrogens with zero attached hydrogens (tertiary/aromatic N) is 1. The number of phenols is 2. The number of ketones is 1. The summed E-state index contributed by atoms with van der Waals surface area (Å²) in [5, 5.41) is 23.6. The molecule has 0 spiro atoms. The number of rotatable bonds is 5. The lowest BCUT2D eigenvalue weighted by atomic mass is 10.0. The molecule has 6 heteroatoms. The Kier molecular flexibility index (Phi) is 5.49. The second-order valence-corrected chi connectivity index (χ2v) is 6.67. The second-order valence-electron chi connectivity index (χ2n) is 6.67. The predicted octanol–water partition coefficient (Wildman–Crippen LogP) is 3.84. The number of carbonyl (C=O) groups excluding carboxylic acids is 2. The van der Waals surface area contributed by atoms with Crippen molar-refractivity contribution in [1.82, 2.24) is 5.32 Å². The van der Waals surface area contributed by atoms with Gasteiger partial charge in [-0.3, -0.25) is 9.69 Å². The number of anilines is 1. The van der Waals surface area contributed by atoms with Crippen molar-refractivity contribution in [3.05, 3.63) is 65.7 Å². The summed E-state index contributed by atoms with van der Waals surface area (Å²) in [5.41, 5.74) is 2.21. The van der Waals surface area contributed by atoms with Crippen LogP contribution in [0.4, 0.5) is 10.5 Å². The van der Waals surface area contributed by atoms with Gasteiger partial charge in [0.25, 0.3) is 0 Å². The summed E-state index contributed by atoms with van der Waals surface area (Å²) >= 11 is 0. The van der Waals surface area contributed by atoms with E-state index in [1.54, 1.807) is 19.2 Å². The Labute approximate surface area is 163 Å². The summed E-state index contributed by atoms with van der Waals surface area (Å²) in [4.78, 5) is 25.4. The van der Waals surface area contributed by atoms with Crippen LogP contribution >= 0.6 is 0 Å². The van der Waals surface area contributed by atoms with E-state index >= 15 is 0 Å². The minimum Gasteiger partial charge on any atom is -0.504 e. The SMILES string of the molecule is CC(=O)c1ccc2cc(N(C)C(=O)NCCc3ccc(O)c(O)c3)ccc2c1. The van der Waals surface area contributed by atoms with E-state index in [9.17, 15) is 19.8 Å². The van der Waals surface area contributed by atoms with Crippen LogP contribution in [0.25, 0.3) is 10.8 Å². The van der Waals surface area contributed by atoms with Crippen molar-refractivity contribution in [2.24, 2.45) is 0 Å². The van der Waals surface area contributed by atoms with Gasteiger partial charge >= 0.3 is 6.03 Å². The molecule has 0 unspecified atom stereocenters. The van der Waals surface area contributed by atoms with Gasteiger partial charge in [-0.1, -0.05) is 24.3 Å². The highest BCUT2D eigenvalue weighted by molar-refractivity contribution is 6.00. The summed E-state index contributed by atoms with van der Waals surface area (Å²) in [6.07, 6.45) is 0.527. The highest BCUT2D eigenvalue weighted by atomic mass is 16.3. The molecule has 2 amide bonds. The van der Waals surface area contributed by atoms with E-state index in [0.29, 0.717) is 18.5 Å². The average molecular weight is 378 g/mol. The van der Waals surface area contributed by atoms with Crippen LogP contribution in [0.5, 0.6) is 11.5 Å². The average Bonchev–Trinajstić information content (AvgIpc) is 2.69. The first-order valence-corrected chi connectivity index (χ1v) is 8.92. The van der Waals surface area contributed by atoms with Crippen LogP contribution in [-0.4, -0.2) is 35.6 Å². The quantitative estimate of drug-likeness (QED) is 0.465. The zero-order chi connectivity index (χ0) is 20.3. The molecule has 0 saturated carbocycles. The smallest absolute Gasteiger partial charge is 0.321 e. The first-order chi connectivity index (χ1) is 13.3. The lowest BCUT2D eigenvalue weighted by Crippen LogP contribution is -2.38. The van der Waals surface area contributed by atoms with Crippen LogP contribution in [-0.2, 0) is 6.42 Å². The molecule has 28 heavy (non-hydrogen) atoms. The van der Waals surface area contributed by atoms with Crippen molar-refractivity contribution in [3.8, 4) is 11.5 Å². The van der Waals surface area contributed by atoms with Crippen LogP contribution in [0, 0.1) is 0 Å². The fourth-order valence-corrected chi connectivity index (χ4v) is 2.93. The Morgan fingerprint density at radius 2 is 1.64 bits per heavy atom. The molecule has 0 aromatic heterocycles. The number of nitrogens with one attached hydrogen (secondary N) is 1. The van der Waals surface area contributed by atoms with E-state index in [1.165, 1.54) is 24.0 Å². The Balaban J connectivity index is 1.64. The summed E-state index contributed by atoms with van der Waals surface area (Å²) in [6, 6.07) is 15.5. The number of urea groups is 1. The summed E-state index contributed by atoms with van der Waals surface area (Å²) < 4.78 is 0. The van der Waals surface area contributed by atoms with E-state index < -0.39 is 0 Å². The standard InChI is InChI=1S/C22H22N2O4/c1-14(25)16-4-5-18-13-19(7-6-17(18)12-16)24(2)22(28)23-10-9-15-3-8-20(26)21(27)11-15/h3-8,11-13,26-27H,9-10H2,1-2H3,(H,23,28). The van der Waals surface area contributed by atoms with Crippen LogP contribution in [0.2, 0.25) is 0 Å². The lowest BCUT2D eigenvalue weighted by Gasteiger charge is -2.19. The molecule has 0 radical (unpaired) electrons. The lowest BCUT2D eigenvalue weighted by molar-refractivity contribution is 0.101. The third kappa shape index (κ3) is 4.23. The largest absolute Gasteiger partial charge is 0.504 e. The van der Waals surface area contributed by atoms with Gasteiger partial charge in [0.2, 0.25) is 0 Å². The molecule has 0 atom stereocenters. The molecular formula is C22H22N2O4. The van der Waals surface area contributed by atoms with Gasteiger partial charge in [-0.15, -0.1) is 0 Å². The van der Waals surface area contributed by atoms with Crippen molar-refractivity contribution in [2.45, 2.75) is 13.3 Å². The molecule has 3 aromatic carbocycles. The zero-order valence-electron chi connectivity index (χ0n) is 15.8.